The molecule has 4 aromatic rings. The van der Waals surface area contributed by atoms with Crippen molar-refractivity contribution in [1.82, 2.24) is 4.72 Å². The average Bonchev–Trinajstić information content (AvgIpc) is 3.33. The topological polar surface area (TPSA) is 124 Å². The molecule has 1 amide bonds. The normalized spacial score (nSPS) is 12.0. The van der Waals surface area contributed by atoms with Crippen LogP contribution in [0.1, 0.15) is 35.5 Å². The van der Waals surface area contributed by atoms with E-state index in [1.807, 2.05) is 31.2 Å². The molecule has 0 saturated carbocycles. The van der Waals surface area contributed by atoms with Crippen molar-refractivity contribution in [1.29, 1.82) is 0 Å². The molecule has 10 heteroatoms. The Hall–Kier alpha value is -4.43. The lowest BCUT2D eigenvalue weighted by molar-refractivity contribution is -0.143. The third kappa shape index (κ3) is 6.71. The van der Waals surface area contributed by atoms with Gasteiger partial charge >= 0.3 is 5.97 Å². The number of hydrogen-bond acceptors (Lipinski definition) is 7. The van der Waals surface area contributed by atoms with Gasteiger partial charge in [-0.1, -0.05) is 56.0 Å². The Bertz CT molecular complexity index is 1760. The maximum Gasteiger partial charge on any atom is 0.324 e. The highest BCUT2D eigenvalue weighted by atomic mass is 32.2. The summed E-state index contributed by atoms with van der Waals surface area (Å²) in [5.41, 5.74) is 4.18. The Morgan fingerprint density at radius 3 is 2.19 bits per heavy atom. The van der Waals surface area contributed by atoms with Gasteiger partial charge in [0.05, 0.1) is 12.0 Å². The van der Waals surface area contributed by atoms with Crippen molar-refractivity contribution in [3.63, 3.8) is 0 Å². The number of esters is 1. The second-order valence-electron chi connectivity index (χ2n) is 9.89. The minimum atomic E-state index is -3.95. The van der Waals surface area contributed by atoms with Crippen LogP contribution in [0.2, 0.25) is 0 Å². The smallest absolute Gasteiger partial charge is 0.324 e. The average molecular weight is 589 g/mol. The van der Waals surface area contributed by atoms with Crippen LogP contribution < -0.4 is 10.0 Å². The number of carbonyl (C=O) groups excluding carboxylic acids is 2. The van der Waals surface area contributed by atoms with E-state index in [-0.39, 0.29) is 22.5 Å². The molecule has 0 aliphatic heterocycles. The van der Waals surface area contributed by atoms with Crippen molar-refractivity contribution in [2.45, 2.75) is 31.7 Å². The van der Waals surface area contributed by atoms with Gasteiger partial charge in [0.2, 0.25) is 10.0 Å². The monoisotopic (exact) mass is 588 g/mol. The lowest BCUT2D eigenvalue weighted by atomic mass is 10.0. The Morgan fingerprint density at radius 1 is 0.952 bits per heavy atom. The number of carbonyl (C=O) groups is 2. The molecule has 0 saturated heterocycles. The number of benzene rings is 3. The number of amides is 1. The molecule has 218 valence electrons. The first-order valence-corrected chi connectivity index (χ1v) is 14.7. The third-order valence-corrected chi connectivity index (χ3v) is 8.10. The SMILES string of the molecule is COCC#Cc1cccc2oc(C(=O)Nc3ccc(-c4ccc(S(=O)(=O)N[C@H](C(=O)OC)C(C)C)cc4)cc3)c(C)c12. The van der Waals surface area contributed by atoms with Crippen molar-refractivity contribution in [3.8, 4) is 23.0 Å². The van der Waals surface area contributed by atoms with Gasteiger partial charge in [-0.3, -0.25) is 9.59 Å². The molecule has 0 aliphatic rings. The summed E-state index contributed by atoms with van der Waals surface area (Å²) in [7, 11) is -1.15. The summed E-state index contributed by atoms with van der Waals surface area (Å²) in [6.45, 7) is 5.58. The fourth-order valence-electron chi connectivity index (χ4n) is 4.41. The van der Waals surface area contributed by atoms with E-state index in [1.54, 1.807) is 51.3 Å². The molecule has 1 atom stereocenters. The summed E-state index contributed by atoms with van der Waals surface area (Å²) in [5.74, 6) is 4.87. The van der Waals surface area contributed by atoms with E-state index in [4.69, 9.17) is 13.9 Å². The van der Waals surface area contributed by atoms with Crippen LogP contribution in [0.3, 0.4) is 0 Å². The quantitative estimate of drug-likeness (QED) is 0.205. The maximum absolute atomic E-state index is 13.1. The highest BCUT2D eigenvalue weighted by molar-refractivity contribution is 7.89. The molecule has 3 aromatic carbocycles. The number of methoxy groups -OCH3 is 2. The van der Waals surface area contributed by atoms with Crippen LogP contribution in [0.4, 0.5) is 5.69 Å². The fraction of sp³-hybridized carbons (Fsp3) is 0.250. The number of hydrogen-bond donors (Lipinski definition) is 2. The van der Waals surface area contributed by atoms with Crippen LogP contribution in [0.5, 0.6) is 0 Å². The van der Waals surface area contributed by atoms with Crippen LogP contribution in [-0.4, -0.2) is 47.2 Å². The van der Waals surface area contributed by atoms with Crippen LogP contribution in [-0.2, 0) is 24.3 Å². The molecule has 0 radical (unpaired) electrons. The van der Waals surface area contributed by atoms with Gasteiger partial charge in [0.25, 0.3) is 5.91 Å². The Morgan fingerprint density at radius 2 is 1.60 bits per heavy atom. The van der Waals surface area contributed by atoms with E-state index in [0.29, 0.717) is 23.4 Å². The molecule has 2 N–H and O–H groups in total. The number of ether oxygens (including phenoxy) is 2. The second kappa shape index (κ2) is 13.0. The number of aryl methyl sites for hydroxylation is 1. The highest BCUT2D eigenvalue weighted by Crippen LogP contribution is 2.29. The summed E-state index contributed by atoms with van der Waals surface area (Å²) in [4.78, 5) is 25.1. The zero-order valence-electron chi connectivity index (χ0n) is 24.0. The lowest BCUT2D eigenvalue weighted by Gasteiger charge is -2.19. The molecular weight excluding hydrogens is 556 g/mol. The highest BCUT2D eigenvalue weighted by Gasteiger charge is 2.29. The van der Waals surface area contributed by atoms with E-state index in [9.17, 15) is 18.0 Å². The fourth-order valence-corrected chi connectivity index (χ4v) is 5.74. The Labute approximate surface area is 245 Å². The van der Waals surface area contributed by atoms with E-state index >= 15 is 0 Å². The third-order valence-electron chi connectivity index (χ3n) is 6.64. The number of nitrogens with one attached hydrogen (secondary N) is 2. The van der Waals surface area contributed by atoms with Crippen LogP contribution in [0, 0.1) is 24.7 Å². The van der Waals surface area contributed by atoms with Crippen molar-refractivity contribution < 1.29 is 31.9 Å². The Kier molecular flexibility index (Phi) is 9.48. The van der Waals surface area contributed by atoms with Crippen molar-refractivity contribution in [2.75, 3.05) is 26.1 Å². The summed E-state index contributed by atoms with van der Waals surface area (Å²) in [6, 6.07) is 17.9. The molecule has 42 heavy (non-hydrogen) atoms. The van der Waals surface area contributed by atoms with E-state index in [1.165, 1.54) is 19.2 Å². The zero-order chi connectivity index (χ0) is 30.4. The molecule has 0 fully saturated rings. The number of fused-ring (bicyclic) bond motifs is 1. The van der Waals surface area contributed by atoms with Crippen molar-refractivity contribution in [3.05, 3.63) is 83.6 Å². The summed E-state index contributed by atoms with van der Waals surface area (Å²) in [5, 5.41) is 3.65. The molecule has 0 bridgehead atoms. The molecule has 4 rings (SSSR count). The van der Waals surface area contributed by atoms with E-state index in [0.717, 1.165) is 22.1 Å². The molecule has 0 aliphatic carbocycles. The van der Waals surface area contributed by atoms with Crippen LogP contribution in [0.15, 0.2) is 76.0 Å². The maximum atomic E-state index is 13.1. The van der Waals surface area contributed by atoms with Gasteiger partial charge in [-0.15, -0.1) is 0 Å². The predicted octanol–water partition coefficient (Wildman–Crippen LogP) is 5.13. The van der Waals surface area contributed by atoms with E-state index in [2.05, 4.69) is 21.9 Å². The molecule has 1 heterocycles. The predicted molar refractivity (Wildman–Crippen MR) is 160 cm³/mol. The van der Waals surface area contributed by atoms with Crippen LogP contribution >= 0.6 is 0 Å². The van der Waals surface area contributed by atoms with Gasteiger partial charge in [0.15, 0.2) is 5.76 Å². The molecule has 0 unspecified atom stereocenters. The minimum Gasteiger partial charge on any atom is -0.468 e. The summed E-state index contributed by atoms with van der Waals surface area (Å²) >= 11 is 0. The lowest BCUT2D eigenvalue weighted by Crippen LogP contribution is -2.44. The van der Waals surface area contributed by atoms with Crippen molar-refractivity contribution in [2.24, 2.45) is 5.92 Å². The first-order valence-electron chi connectivity index (χ1n) is 13.2. The first-order chi connectivity index (χ1) is 20.1. The minimum absolute atomic E-state index is 0.0266. The number of sulfonamides is 1. The first kappa shape index (κ1) is 30.5. The molecule has 0 spiro atoms. The second-order valence-corrected chi connectivity index (χ2v) is 11.6. The summed E-state index contributed by atoms with van der Waals surface area (Å²) in [6.07, 6.45) is 0. The van der Waals surface area contributed by atoms with Gasteiger partial charge in [-0.05, 0) is 60.4 Å². The number of furan rings is 1. The largest absolute Gasteiger partial charge is 0.468 e. The standard InChI is InChI=1S/C32H32N2O7S/c1-20(2)29(32(36)40-5)34-42(37,38)26-17-13-23(14-18-26)22-11-15-25(16-12-22)33-31(35)30-21(3)28-24(9-7-19-39-4)8-6-10-27(28)41-30/h6,8,10-18,20,29,34H,19H2,1-5H3,(H,33,35)/t29-/m0/s1. The van der Waals surface area contributed by atoms with Gasteiger partial charge in [-0.2, -0.15) is 4.72 Å². The van der Waals surface area contributed by atoms with E-state index < -0.39 is 22.0 Å². The molecular formula is C32H32N2O7S. The number of rotatable bonds is 9. The van der Waals surface area contributed by atoms with Gasteiger partial charge in [0.1, 0.15) is 18.2 Å². The number of anilines is 1. The molecule has 9 nitrogen and oxygen atoms in total. The zero-order valence-corrected chi connectivity index (χ0v) is 24.8. The van der Waals surface area contributed by atoms with Crippen LogP contribution in [0.25, 0.3) is 22.1 Å². The molecule has 1 aromatic heterocycles. The van der Waals surface area contributed by atoms with Gasteiger partial charge in [0, 0.05) is 29.3 Å². The van der Waals surface area contributed by atoms with Gasteiger partial charge < -0.3 is 19.2 Å². The Balaban J connectivity index is 1.48. The summed E-state index contributed by atoms with van der Waals surface area (Å²) < 4.78 is 43.7. The van der Waals surface area contributed by atoms with Crippen molar-refractivity contribution >= 4 is 38.6 Å². The van der Waals surface area contributed by atoms with Gasteiger partial charge in [-0.25, -0.2) is 8.42 Å².